The second kappa shape index (κ2) is 12.1. The zero-order valence-electron chi connectivity index (χ0n) is 20.0. The second-order valence-electron chi connectivity index (χ2n) is 9.37. The average Bonchev–Trinajstić information content (AvgIpc) is 3.71. The van der Waals surface area contributed by atoms with Crippen molar-refractivity contribution in [1.29, 1.82) is 0 Å². The number of hydrogen-bond donors (Lipinski definition) is 3. The molecule has 2 aliphatic rings. The van der Waals surface area contributed by atoms with Gasteiger partial charge in [0.2, 0.25) is 0 Å². The molecule has 0 saturated heterocycles. The fourth-order valence-electron chi connectivity index (χ4n) is 4.11. The Balaban J connectivity index is 1.17. The molecule has 2 saturated carbocycles. The third kappa shape index (κ3) is 7.37. The normalized spacial score (nSPS) is 19.2. The molecule has 2 fully saturated rings. The summed E-state index contributed by atoms with van der Waals surface area (Å²) >= 11 is 6.17. The van der Waals surface area contributed by atoms with Gasteiger partial charge in [-0.15, -0.1) is 0 Å². The van der Waals surface area contributed by atoms with Crippen molar-refractivity contribution >= 4 is 29.4 Å². The Labute approximate surface area is 215 Å². The van der Waals surface area contributed by atoms with Crippen LogP contribution in [0.4, 0.5) is 0 Å². The van der Waals surface area contributed by atoms with Gasteiger partial charge < -0.3 is 25.2 Å². The molecule has 0 unspecified atom stereocenters. The summed E-state index contributed by atoms with van der Waals surface area (Å²) in [7, 11) is 0. The summed E-state index contributed by atoms with van der Waals surface area (Å²) in [5.41, 5.74) is 0.932. The zero-order valence-corrected chi connectivity index (χ0v) is 20.8. The van der Waals surface area contributed by atoms with Crippen LogP contribution in [0.1, 0.15) is 59.2 Å². The first-order chi connectivity index (χ1) is 17.4. The Kier molecular flexibility index (Phi) is 8.70. The fourth-order valence-corrected chi connectivity index (χ4v) is 4.28. The number of aliphatic carboxylic acids is 1. The molecule has 2 aliphatic carbocycles. The van der Waals surface area contributed by atoms with E-state index in [1.807, 2.05) is 0 Å². The molecule has 2 amide bonds. The summed E-state index contributed by atoms with van der Waals surface area (Å²) in [6.45, 7) is 1.15. The Morgan fingerprint density at radius 3 is 2.08 bits per heavy atom. The first-order valence-corrected chi connectivity index (χ1v) is 12.7. The maximum absolute atomic E-state index is 12.5. The predicted octanol–water partition coefficient (Wildman–Crippen LogP) is 4.31. The lowest BCUT2D eigenvalue weighted by Crippen LogP contribution is -2.34. The molecule has 0 spiro atoms. The number of benzene rings is 2. The smallest absolute Gasteiger partial charge is 0.306 e. The van der Waals surface area contributed by atoms with E-state index in [1.165, 1.54) is 12.8 Å². The van der Waals surface area contributed by atoms with Gasteiger partial charge in [-0.25, -0.2) is 0 Å². The molecule has 0 aromatic heterocycles. The minimum absolute atomic E-state index is 0.00892. The number of ether oxygens (including phenoxy) is 2. The van der Waals surface area contributed by atoms with Crippen molar-refractivity contribution in [2.24, 2.45) is 11.8 Å². The summed E-state index contributed by atoms with van der Waals surface area (Å²) < 4.78 is 11.7. The van der Waals surface area contributed by atoms with E-state index in [4.69, 9.17) is 26.2 Å². The van der Waals surface area contributed by atoms with Crippen LogP contribution in [0.25, 0.3) is 0 Å². The Bertz CT molecular complexity index is 1080. The Morgan fingerprint density at radius 2 is 1.47 bits per heavy atom. The van der Waals surface area contributed by atoms with E-state index in [-0.39, 0.29) is 36.9 Å². The molecule has 0 atom stereocenters. The van der Waals surface area contributed by atoms with Crippen LogP contribution in [0.2, 0.25) is 5.02 Å². The quantitative estimate of drug-likeness (QED) is 0.385. The van der Waals surface area contributed by atoms with E-state index in [9.17, 15) is 14.4 Å². The number of carbonyl (C=O) groups excluding carboxylic acids is 2. The van der Waals surface area contributed by atoms with Gasteiger partial charge in [0.1, 0.15) is 11.5 Å². The summed E-state index contributed by atoms with van der Waals surface area (Å²) in [6.07, 6.45) is 4.96. The van der Waals surface area contributed by atoms with Crippen LogP contribution >= 0.6 is 11.6 Å². The topological polar surface area (TPSA) is 114 Å². The molecule has 4 rings (SSSR count). The molecule has 3 N–H and O–H groups in total. The van der Waals surface area contributed by atoms with Crippen molar-refractivity contribution in [2.75, 3.05) is 19.7 Å². The van der Waals surface area contributed by atoms with Crippen molar-refractivity contribution in [2.45, 2.75) is 44.6 Å². The van der Waals surface area contributed by atoms with E-state index >= 15 is 0 Å². The summed E-state index contributed by atoms with van der Waals surface area (Å²) in [5.74, 6) is 0.199. The lowest BCUT2D eigenvalue weighted by atomic mass is 9.87. The predicted molar refractivity (Wildman–Crippen MR) is 135 cm³/mol. The van der Waals surface area contributed by atoms with Crippen LogP contribution in [-0.4, -0.2) is 48.7 Å². The van der Waals surface area contributed by atoms with Crippen molar-refractivity contribution in [1.82, 2.24) is 10.6 Å². The van der Waals surface area contributed by atoms with E-state index in [0.717, 1.165) is 0 Å². The first-order valence-electron chi connectivity index (χ1n) is 12.4. The largest absolute Gasteiger partial charge is 0.492 e. The van der Waals surface area contributed by atoms with Crippen LogP contribution < -0.4 is 20.1 Å². The SMILES string of the molecule is O=C(NCCNC(=O)c1ccc(Cl)c(OCC2CC2)c1)c1ccc(OC2CCC(C(=O)O)CC2)cc1. The maximum Gasteiger partial charge on any atom is 0.306 e. The minimum Gasteiger partial charge on any atom is -0.492 e. The molecule has 9 heteroatoms. The van der Waals surface area contributed by atoms with Gasteiger partial charge >= 0.3 is 5.97 Å². The summed E-state index contributed by atoms with van der Waals surface area (Å²) in [6, 6.07) is 11.8. The van der Waals surface area contributed by atoms with Crippen LogP contribution in [0.15, 0.2) is 42.5 Å². The molecule has 0 radical (unpaired) electrons. The number of hydrogen-bond acceptors (Lipinski definition) is 5. The molecule has 2 aromatic rings. The average molecular weight is 515 g/mol. The monoisotopic (exact) mass is 514 g/mol. The number of amides is 2. The van der Waals surface area contributed by atoms with E-state index < -0.39 is 5.97 Å². The highest BCUT2D eigenvalue weighted by molar-refractivity contribution is 6.32. The maximum atomic E-state index is 12.5. The van der Waals surface area contributed by atoms with Gasteiger partial charge in [-0.3, -0.25) is 14.4 Å². The third-order valence-corrected chi connectivity index (χ3v) is 6.82. The molecule has 36 heavy (non-hydrogen) atoms. The molecule has 0 aliphatic heterocycles. The number of carboxylic acid groups (broad SMARTS) is 1. The van der Waals surface area contributed by atoms with Gasteiger partial charge in [-0.05, 0) is 86.9 Å². The summed E-state index contributed by atoms with van der Waals surface area (Å²) in [5, 5.41) is 15.1. The number of nitrogens with one attached hydrogen (secondary N) is 2. The highest BCUT2D eigenvalue weighted by Crippen LogP contribution is 2.32. The standard InChI is InChI=1S/C27H31ClN2O6/c28-23-12-7-20(15-24(23)35-16-17-1-2-17)26(32)30-14-13-29-25(31)18-3-8-21(9-4-18)36-22-10-5-19(6-11-22)27(33)34/h3-4,7-9,12,15,17,19,22H,1-2,5-6,10-11,13-14,16H2,(H,29,31)(H,30,32)(H,33,34). The first kappa shape index (κ1) is 25.8. The van der Waals surface area contributed by atoms with Gasteiger partial charge in [0.25, 0.3) is 11.8 Å². The van der Waals surface area contributed by atoms with Crippen LogP contribution in [0.5, 0.6) is 11.5 Å². The fraction of sp³-hybridized carbons (Fsp3) is 0.444. The molecule has 0 bridgehead atoms. The molecule has 192 valence electrons. The highest BCUT2D eigenvalue weighted by atomic mass is 35.5. The van der Waals surface area contributed by atoms with Gasteiger partial charge in [0.15, 0.2) is 0 Å². The lowest BCUT2D eigenvalue weighted by molar-refractivity contribution is -0.143. The van der Waals surface area contributed by atoms with Gasteiger partial charge in [0, 0.05) is 24.2 Å². The molecular formula is C27H31ClN2O6. The molecule has 2 aromatic carbocycles. The number of rotatable bonds is 11. The van der Waals surface area contributed by atoms with E-state index in [0.29, 0.717) is 65.9 Å². The molecule has 8 nitrogen and oxygen atoms in total. The summed E-state index contributed by atoms with van der Waals surface area (Å²) in [4.78, 5) is 36.0. The lowest BCUT2D eigenvalue weighted by Gasteiger charge is -2.26. The number of halogens is 1. The van der Waals surface area contributed by atoms with E-state index in [2.05, 4.69) is 10.6 Å². The highest BCUT2D eigenvalue weighted by Gasteiger charge is 2.27. The van der Waals surface area contributed by atoms with E-state index in [1.54, 1.807) is 42.5 Å². The van der Waals surface area contributed by atoms with Gasteiger partial charge in [-0.1, -0.05) is 11.6 Å². The van der Waals surface area contributed by atoms with Crippen molar-refractivity contribution < 1.29 is 29.0 Å². The van der Waals surface area contributed by atoms with Crippen LogP contribution in [-0.2, 0) is 4.79 Å². The molecule has 0 heterocycles. The second-order valence-corrected chi connectivity index (χ2v) is 9.77. The van der Waals surface area contributed by atoms with Crippen molar-refractivity contribution in [3.63, 3.8) is 0 Å². The third-order valence-electron chi connectivity index (χ3n) is 6.50. The Hall–Kier alpha value is -3.26. The van der Waals surface area contributed by atoms with Crippen molar-refractivity contribution in [3.05, 3.63) is 58.6 Å². The Morgan fingerprint density at radius 1 is 0.861 bits per heavy atom. The zero-order chi connectivity index (χ0) is 25.5. The number of carboxylic acids is 1. The minimum atomic E-state index is -0.740. The van der Waals surface area contributed by atoms with Crippen LogP contribution in [0, 0.1) is 11.8 Å². The molecular weight excluding hydrogens is 484 g/mol. The van der Waals surface area contributed by atoms with Crippen LogP contribution in [0.3, 0.4) is 0 Å². The number of carbonyl (C=O) groups is 3. The van der Waals surface area contributed by atoms with Gasteiger partial charge in [0.05, 0.1) is 23.7 Å². The van der Waals surface area contributed by atoms with Gasteiger partial charge in [-0.2, -0.15) is 0 Å². The van der Waals surface area contributed by atoms with Crippen molar-refractivity contribution in [3.8, 4) is 11.5 Å².